The quantitative estimate of drug-likeness (QED) is 0.701. The molecule has 4 unspecified atom stereocenters. The minimum absolute atomic E-state index is 0.706. The molecule has 0 radical (unpaired) electrons. The molecule has 2 aliphatic rings. The molecular weight excluding hydrogens is 272 g/mol. The number of allylic oxidation sites excluding steroid dienone is 4. The Morgan fingerprint density at radius 2 is 1.82 bits per heavy atom. The first-order chi connectivity index (χ1) is 8.40. The standard InChI is InChI=1S/C16H17Br/c17-11-16-14-9-5-4-8-13(14)10-15(16)12-6-2-1-3-7-12/h1-9,13-16H,10-11H2. The van der Waals surface area contributed by atoms with E-state index in [0.717, 1.165) is 23.1 Å². The molecule has 0 spiro atoms. The summed E-state index contributed by atoms with van der Waals surface area (Å²) in [6.45, 7) is 0. The number of hydrogen-bond acceptors (Lipinski definition) is 0. The Morgan fingerprint density at radius 3 is 2.59 bits per heavy atom. The smallest absolute Gasteiger partial charge is 0.00713 e. The van der Waals surface area contributed by atoms with Crippen LogP contribution in [0.1, 0.15) is 17.9 Å². The van der Waals surface area contributed by atoms with Crippen LogP contribution in [0.5, 0.6) is 0 Å². The van der Waals surface area contributed by atoms with Crippen molar-refractivity contribution in [2.45, 2.75) is 12.3 Å². The lowest BCUT2D eigenvalue weighted by Crippen LogP contribution is -2.16. The van der Waals surface area contributed by atoms with Gasteiger partial charge in [0.2, 0.25) is 0 Å². The molecule has 1 saturated carbocycles. The minimum atomic E-state index is 0.706. The van der Waals surface area contributed by atoms with Crippen LogP contribution in [0.4, 0.5) is 0 Å². The molecule has 0 saturated heterocycles. The third-order valence-corrected chi connectivity index (χ3v) is 4.99. The second-order valence-electron chi connectivity index (χ2n) is 5.08. The number of halogens is 1. The van der Waals surface area contributed by atoms with Crippen molar-refractivity contribution >= 4 is 15.9 Å². The summed E-state index contributed by atoms with van der Waals surface area (Å²) in [6, 6.07) is 11.0. The molecule has 3 rings (SSSR count). The van der Waals surface area contributed by atoms with Gasteiger partial charge in [-0.25, -0.2) is 0 Å². The zero-order chi connectivity index (χ0) is 11.7. The highest BCUT2D eigenvalue weighted by atomic mass is 79.9. The van der Waals surface area contributed by atoms with Gasteiger partial charge in [-0.15, -0.1) is 0 Å². The zero-order valence-corrected chi connectivity index (χ0v) is 11.4. The van der Waals surface area contributed by atoms with Crippen molar-refractivity contribution in [1.82, 2.24) is 0 Å². The molecule has 0 amide bonds. The van der Waals surface area contributed by atoms with Gasteiger partial charge in [-0.1, -0.05) is 70.6 Å². The average molecular weight is 289 g/mol. The normalized spacial score (nSPS) is 34.9. The molecule has 88 valence electrons. The summed E-state index contributed by atoms with van der Waals surface area (Å²) in [5.41, 5.74) is 1.51. The topological polar surface area (TPSA) is 0 Å². The van der Waals surface area contributed by atoms with E-state index in [1.807, 2.05) is 0 Å². The first-order valence-corrected chi connectivity index (χ1v) is 7.48. The molecule has 1 aromatic carbocycles. The lowest BCUT2D eigenvalue weighted by atomic mass is 9.84. The van der Waals surface area contributed by atoms with Gasteiger partial charge >= 0.3 is 0 Å². The highest BCUT2D eigenvalue weighted by molar-refractivity contribution is 9.09. The molecule has 0 aromatic heterocycles. The van der Waals surface area contributed by atoms with Crippen LogP contribution in [-0.2, 0) is 0 Å². The van der Waals surface area contributed by atoms with Gasteiger partial charge in [0.25, 0.3) is 0 Å². The van der Waals surface area contributed by atoms with Crippen LogP contribution in [0.15, 0.2) is 54.6 Å². The van der Waals surface area contributed by atoms with E-state index in [9.17, 15) is 0 Å². The van der Waals surface area contributed by atoms with Gasteiger partial charge in [-0.3, -0.25) is 0 Å². The fraction of sp³-hybridized carbons (Fsp3) is 0.375. The van der Waals surface area contributed by atoms with Crippen LogP contribution in [0, 0.1) is 17.8 Å². The first kappa shape index (κ1) is 11.3. The SMILES string of the molecule is BrCC1C(c2ccccc2)CC2C=CC=CC21. The van der Waals surface area contributed by atoms with E-state index < -0.39 is 0 Å². The van der Waals surface area contributed by atoms with Gasteiger partial charge in [0.15, 0.2) is 0 Å². The number of fused-ring (bicyclic) bond motifs is 1. The monoisotopic (exact) mass is 288 g/mol. The average Bonchev–Trinajstić information content (AvgIpc) is 2.78. The Kier molecular flexibility index (Phi) is 3.19. The Labute approximate surface area is 112 Å². The van der Waals surface area contributed by atoms with Crippen molar-refractivity contribution in [3.8, 4) is 0 Å². The third-order valence-electron chi connectivity index (χ3n) is 4.24. The minimum Gasteiger partial charge on any atom is -0.0925 e. The number of benzene rings is 1. The van der Waals surface area contributed by atoms with Gasteiger partial charge in [-0.2, -0.15) is 0 Å². The largest absolute Gasteiger partial charge is 0.0925 e. The Bertz CT molecular complexity index is 432. The van der Waals surface area contributed by atoms with Gasteiger partial charge in [0.1, 0.15) is 0 Å². The van der Waals surface area contributed by atoms with Gasteiger partial charge < -0.3 is 0 Å². The van der Waals surface area contributed by atoms with Crippen LogP contribution < -0.4 is 0 Å². The lowest BCUT2D eigenvalue weighted by Gasteiger charge is -2.23. The van der Waals surface area contributed by atoms with Crippen LogP contribution in [0.3, 0.4) is 0 Å². The molecule has 1 heteroatoms. The third kappa shape index (κ3) is 2.01. The summed E-state index contributed by atoms with van der Waals surface area (Å²) in [5, 5.41) is 1.10. The Balaban J connectivity index is 1.91. The molecule has 4 atom stereocenters. The van der Waals surface area contributed by atoms with Crippen molar-refractivity contribution in [1.29, 1.82) is 0 Å². The van der Waals surface area contributed by atoms with Crippen molar-refractivity contribution < 1.29 is 0 Å². The van der Waals surface area contributed by atoms with Crippen molar-refractivity contribution in [2.24, 2.45) is 17.8 Å². The van der Waals surface area contributed by atoms with Gasteiger partial charge in [0.05, 0.1) is 0 Å². The van der Waals surface area contributed by atoms with Crippen molar-refractivity contribution in [3.63, 3.8) is 0 Å². The molecule has 0 heterocycles. The molecule has 17 heavy (non-hydrogen) atoms. The maximum Gasteiger partial charge on any atom is 0.00713 e. The second kappa shape index (κ2) is 4.81. The summed E-state index contributed by atoms with van der Waals surface area (Å²) in [4.78, 5) is 0. The number of alkyl halides is 1. The maximum atomic E-state index is 3.72. The first-order valence-electron chi connectivity index (χ1n) is 6.36. The number of rotatable bonds is 2. The van der Waals surface area contributed by atoms with Gasteiger partial charge in [-0.05, 0) is 35.7 Å². The van der Waals surface area contributed by atoms with Crippen molar-refractivity contribution in [3.05, 3.63) is 60.2 Å². The van der Waals surface area contributed by atoms with E-state index in [1.165, 1.54) is 12.0 Å². The Hall–Kier alpha value is -0.820. The summed E-state index contributed by atoms with van der Waals surface area (Å²) in [7, 11) is 0. The fourth-order valence-corrected chi connectivity index (χ4v) is 4.28. The van der Waals surface area contributed by atoms with Crippen LogP contribution in [0.25, 0.3) is 0 Å². The highest BCUT2D eigenvalue weighted by Crippen LogP contribution is 2.49. The maximum absolute atomic E-state index is 3.72. The van der Waals surface area contributed by atoms with Crippen molar-refractivity contribution in [2.75, 3.05) is 5.33 Å². The molecule has 0 N–H and O–H groups in total. The van der Waals surface area contributed by atoms with E-state index in [4.69, 9.17) is 0 Å². The van der Waals surface area contributed by atoms with Crippen LogP contribution >= 0.6 is 15.9 Å². The Morgan fingerprint density at radius 1 is 1.06 bits per heavy atom. The van der Waals surface area contributed by atoms with Crippen LogP contribution in [-0.4, -0.2) is 5.33 Å². The lowest BCUT2D eigenvalue weighted by molar-refractivity contribution is 0.440. The second-order valence-corrected chi connectivity index (χ2v) is 5.73. The van der Waals surface area contributed by atoms with Gasteiger partial charge in [0, 0.05) is 5.33 Å². The molecule has 0 nitrogen and oxygen atoms in total. The molecule has 1 aromatic rings. The summed E-state index contributed by atoms with van der Waals surface area (Å²) < 4.78 is 0. The molecule has 0 bridgehead atoms. The predicted molar refractivity (Wildman–Crippen MR) is 76.3 cm³/mol. The molecule has 0 aliphatic heterocycles. The molecule has 1 fully saturated rings. The molecular formula is C16H17Br. The van der Waals surface area contributed by atoms with E-state index in [-0.39, 0.29) is 0 Å². The van der Waals surface area contributed by atoms with E-state index in [0.29, 0.717) is 5.92 Å². The van der Waals surface area contributed by atoms with E-state index in [1.54, 1.807) is 0 Å². The summed E-state index contributed by atoms with van der Waals surface area (Å²) in [6.07, 6.45) is 10.5. The van der Waals surface area contributed by atoms with Crippen LogP contribution in [0.2, 0.25) is 0 Å². The van der Waals surface area contributed by atoms with E-state index in [2.05, 4.69) is 70.6 Å². The predicted octanol–water partition coefficient (Wildman–Crippen LogP) is 4.54. The fourth-order valence-electron chi connectivity index (χ4n) is 3.40. The molecule has 2 aliphatic carbocycles. The highest BCUT2D eigenvalue weighted by Gasteiger charge is 2.41. The zero-order valence-electron chi connectivity index (χ0n) is 9.80. The summed E-state index contributed by atoms with van der Waals surface area (Å²) in [5.74, 6) is 2.92. The number of hydrogen-bond donors (Lipinski definition) is 0. The van der Waals surface area contributed by atoms with E-state index >= 15 is 0 Å². The summed E-state index contributed by atoms with van der Waals surface area (Å²) >= 11 is 3.72.